The van der Waals surface area contributed by atoms with Crippen LogP contribution in [-0.2, 0) is 9.05 Å². The van der Waals surface area contributed by atoms with Gasteiger partial charge in [0.2, 0.25) is 0 Å². The number of nitriles is 1. The van der Waals surface area contributed by atoms with Crippen LogP contribution >= 0.6 is 10.7 Å². The minimum Gasteiger partial charge on any atom is -0.241 e. The fourth-order valence-corrected chi connectivity index (χ4v) is 1.95. The van der Waals surface area contributed by atoms with Crippen LogP contribution < -0.4 is 0 Å². The quantitative estimate of drug-likeness (QED) is 0.770. The Morgan fingerprint density at radius 1 is 1.50 bits per heavy atom. The van der Waals surface area contributed by atoms with Crippen molar-refractivity contribution < 1.29 is 21.6 Å². The first-order chi connectivity index (χ1) is 7.29. The molecule has 4 nitrogen and oxygen atoms in total. The maximum absolute atomic E-state index is 13.2. The average molecular weight is 271 g/mol. The van der Waals surface area contributed by atoms with Crippen LogP contribution in [0.5, 0.6) is 0 Å². The standard InChI is InChI=1S/C7H2ClF3N2O2S/c8-16(14,15)4-2-13-3(1-12)6(9)5(4)7(10)11/h2,7H. The fraction of sp³-hybridized carbons (Fsp3) is 0.143. The average Bonchev–Trinajstić information content (AvgIpc) is 2.15. The molecule has 86 valence electrons. The zero-order valence-electron chi connectivity index (χ0n) is 7.29. The second kappa shape index (κ2) is 4.27. The molecule has 9 heteroatoms. The van der Waals surface area contributed by atoms with E-state index in [1.807, 2.05) is 0 Å². The maximum Gasteiger partial charge on any atom is 0.268 e. The van der Waals surface area contributed by atoms with E-state index >= 15 is 0 Å². The van der Waals surface area contributed by atoms with Crippen molar-refractivity contribution in [3.8, 4) is 6.07 Å². The molecule has 1 aromatic rings. The van der Waals surface area contributed by atoms with Crippen molar-refractivity contribution in [2.75, 3.05) is 0 Å². The number of aromatic nitrogens is 1. The second-order valence-electron chi connectivity index (χ2n) is 2.55. The topological polar surface area (TPSA) is 70.8 Å². The first-order valence-corrected chi connectivity index (χ1v) is 5.91. The van der Waals surface area contributed by atoms with E-state index in [4.69, 9.17) is 15.9 Å². The van der Waals surface area contributed by atoms with Crippen LogP contribution in [0.15, 0.2) is 11.1 Å². The summed E-state index contributed by atoms with van der Waals surface area (Å²) < 4.78 is 59.8. The lowest BCUT2D eigenvalue weighted by Crippen LogP contribution is -2.06. The third-order valence-corrected chi connectivity index (χ3v) is 2.96. The summed E-state index contributed by atoms with van der Waals surface area (Å²) in [6.07, 6.45) is -3.00. The van der Waals surface area contributed by atoms with Crippen molar-refractivity contribution in [2.45, 2.75) is 11.3 Å². The Labute approximate surface area is 92.7 Å². The molecule has 0 N–H and O–H groups in total. The number of nitrogens with zero attached hydrogens (tertiary/aromatic N) is 2. The normalized spacial score (nSPS) is 11.5. The highest BCUT2D eigenvalue weighted by Gasteiger charge is 2.28. The molecule has 0 saturated heterocycles. The molecule has 1 rings (SSSR count). The van der Waals surface area contributed by atoms with Crippen molar-refractivity contribution in [1.29, 1.82) is 5.26 Å². The number of hydrogen-bond donors (Lipinski definition) is 0. The highest BCUT2D eigenvalue weighted by Crippen LogP contribution is 2.31. The van der Waals surface area contributed by atoms with E-state index in [1.165, 1.54) is 6.07 Å². The van der Waals surface area contributed by atoms with Crippen molar-refractivity contribution in [1.82, 2.24) is 4.98 Å². The van der Waals surface area contributed by atoms with Crippen LogP contribution in [0.1, 0.15) is 17.7 Å². The lowest BCUT2D eigenvalue weighted by atomic mass is 10.2. The zero-order valence-corrected chi connectivity index (χ0v) is 8.86. The molecule has 0 radical (unpaired) electrons. The Hall–Kier alpha value is -1.33. The van der Waals surface area contributed by atoms with E-state index < -0.39 is 37.4 Å². The molecule has 0 saturated carbocycles. The molecule has 1 heterocycles. The smallest absolute Gasteiger partial charge is 0.241 e. The van der Waals surface area contributed by atoms with E-state index in [2.05, 4.69) is 4.98 Å². The van der Waals surface area contributed by atoms with Gasteiger partial charge in [-0.25, -0.2) is 26.6 Å². The van der Waals surface area contributed by atoms with Gasteiger partial charge in [-0.2, -0.15) is 5.26 Å². The maximum atomic E-state index is 13.2. The van der Waals surface area contributed by atoms with Crippen LogP contribution in [0.3, 0.4) is 0 Å². The monoisotopic (exact) mass is 270 g/mol. The minimum absolute atomic E-state index is 0.422. The van der Waals surface area contributed by atoms with Gasteiger partial charge in [0.25, 0.3) is 15.5 Å². The van der Waals surface area contributed by atoms with Gasteiger partial charge in [-0.05, 0) is 0 Å². The molecular weight excluding hydrogens is 269 g/mol. The van der Waals surface area contributed by atoms with E-state index in [-0.39, 0.29) is 0 Å². The van der Waals surface area contributed by atoms with E-state index in [1.54, 1.807) is 0 Å². The zero-order chi connectivity index (χ0) is 12.5. The number of pyridine rings is 1. The van der Waals surface area contributed by atoms with Crippen LogP contribution in [0.2, 0.25) is 0 Å². The Bertz CT molecular complexity index is 568. The predicted octanol–water partition coefficient (Wildman–Crippen LogP) is 1.96. The lowest BCUT2D eigenvalue weighted by Gasteiger charge is -2.06. The number of hydrogen-bond acceptors (Lipinski definition) is 4. The van der Waals surface area contributed by atoms with Gasteiger partial charge < -0.3 is 0 Å². The molecule has 0 amide bonds. The summed E-state index contributed by atoms with van der Waals surface area (Å²) in [5.41, 5.74) is -2.36. The summed E-state index contributed by atoms with van der Waals surface area (Å²) in [6, 6.07) is 1.21. The Kier molecular flexibility index (Phi) is 3.40. The minimum atomic E-state index is -4.55. The van der Waals surface area contributed by atoms with Gasteiger partial charge in [-0.1, -0.05) is 0 Å². The van der Waals surface area contributed by atoms with Crippen LogP contribution in [0.25, 0.3) is 0 Å². The summed E-state index contributed by atoms with van der Waals surface area (Å²) in [6.45, 7) is 0. The Morgan fingerprint density at radius 3 is 2.44 bits per heavy atom. The molecule has 16 heavy (non-hydrogen) atoms. The molecule has 0 bridgehead atoms. The van der Waals surface area contributed by atoms with E-state index in [0.717, 1.165) is 0 Å². The van der Waals surface area contributed by atoms with Gasteiger partial charge in [0, 0.05) is 16.9 Å². The Balaban J connectivity index is 3.69. The Morgan fingerprint density at radius 2 is 2.06 bits per heavy atom. The molecular formula is C7H2ClF3N2O2S. The third kappa shape index (κ3) is 2.25. The molecule has 0 aromatic carbocycles. The predicted molar refractivity (Wildman–Crippen MR) is 46.9 cm³/mol. The fourth-order valence-electron chi connectivity index (χ4n) is 0.961. The van der Waals surface area contributed by atoms with Gasteiger partial charge >= 0.3 is 0 Å². The van der Waals surface area contributed by atoms with Crippen molar-refractivity contribution in [3.05, 3.63) is 23.3 Å². The summed E-state index contributed by atoms with van der Waals surface area (Å²) in [4.78, 5) is 1.93. The van der Waals surface area contributed by atoms with E-state index in [0.29, 0.717) is 6.20 Å². The van der Waals surface area contributed by atoms with E-state index in [9.17, 15) is 21.6 Å². The highest BCUT2D eigenvalue weighted by atomic mass is 35.7. The lowest BCUT2D eigenvalue weighted by molar-refractivity contribution is 0.142. The van der Waals surface area contributed by atoms with Gasteiger partial charge in [0.15, 0.2) is 11.5 Å². The second-order valence-corrected chi connectivity index (χ2v) is 5.08. The summed E-state index contributed by atoms with van der Waals surface area (Å²) in [7, 11) is 0.279. The van der Waals surface area contributed by atoms with Crippen LogP contribution in [0.4, 0.5) is 13.2 Å². The first kappa shape index (κ1) is 12.7. The molecule has 0 aliphatic rings. The van der Waals surface area contributed by atoms with Gasteiger partial charge in [0.1, 0.15) is 11.0 Å². The van der Waals surface area contributed by atoms with Crippen LogP contribution in [0, 0.1) is 17.1 Å². The van der Waals surface area contributed by atoms with Crippen molar-refractivity contribution in [2.24, 2.45) is 0 Å². The summed E-state index contributed by atoms with van der Waals surface area (Å²) >= 11 is 0. The van der Waals surface area contributed by atoms with Crippen LogP contribution in [-0.4, -0.2) is 13.4 Å². The number of alkyl halides is 2. The van der Waals surface area contributed by atoms with Crippen molar-refractivity contribution in [3.63, 3.8) is 0 Å². The highest BCUT2D eigenvalue weighted by molar-refractivity contribution is 8.13. The van der Waals surface area contributed by atoms with Gasteiger partial charge in [0.05, 0.1) is 5.56 Å². The first-order valence-electron chi connectivity index (χ1n) is 3.60. The molecule has 1 aromatic heterocycles. The molecule has 0 fully saturated rings. The molecule has 0 unspecified atom stereocenters. The third-order valence-electron chi connectivity index (χ3n) is 1.61. The molecule has 0 aliphatic carbocycles. The molecule has 0 spiro atoms. The van der Waals surface area contributed by atoms with Crippen molar-refractivity contribution >= 4 is 19.7 Å². The van der Waals surface area contributed by atoms with Gasteiger partial charge in [-0.15, -0.1) is 0 Å². The number of rotatable bonds is 2. The summed E-state index contributed by atoms with van der Waals surface area (Å²) in [5, 5.41) is 8.34. The molecule has 0 aliphatic heterocycles. The largest absolute Gasteiger partial charge is 0.268 e. The SMILES string of the molecule is N#Cc1ncc(S(=O)(=O)Cl)c(C(F)F)c1F. The van der Waals surface area contributed by atoms with Gasteiger partial charge in [-0.3, -0.25) is 0 Å². The molecule has 0 atom stereocenters. The summed E-state index contributed by atoms with van der Waals surface area (Å²) in [5.74, 6) is -1.68. The number of halogens is 4.